The van der Waals surface area contributed by atoms with Crippen molar-refractivity contribution in [3.63, 3.8) is 0 Å². The first-order valence-electron chi connectivity index (χ1n) is 10.2. The fourth-order valence-corrected chi connectivity index (χ4v) is 4.49. The van der Waals surface area contributed by atoms with Gasteiger partial charge in [-0.05, 0) is 57.5 Å². The van der Waals surface area contributed by atoms with Crippen LogP contribution in [0.4, 0.5) is 5.69 Å². The summed E-state index contributed by atoms with van der Waals surface area (Å²) in [7, 11) is -3.64. The number of hydrazone groups is 1. The maximum absolute atomic E-state index is 12.4. The minimum atomic E-state index is -3.64. The number of amides is 1. The van der Waals surface area contributed by atoms with E-state index in [-0.39, 0.29) is 6.54 Å². The van der Waals surface area contributed by atoms with E-state index in [0.29, 0.717) is 5.69 Å². The van der Waals surface area contributed by atoms with Crippen molar-refractivity contribution in [1.82, 2.24) is 9.99 Å². The lowest BCUT2D eigenvalue weighted by Crippen LogP contribution is -2.39. The number of sulfonamides is 1. The molecule has 2 aromatic carbocycles. The summed E-state index contributed by atoms with van der Waals surface area (Å²) in [6.07, 6.45) is 2.65. The van der Waals surface area contributed by atoms with Crippen molar-refractivity contribution in [3.05, 3.63) is 82.7 Å². The number of hydrogen-bond acceptors (Lipinski definition) is 4. The van der Waals surface area contributed by atoms with E-state index in [2.05, 4.69) is 39.4 Å². The van der Waals surface area contributed by atoms with Crippen molar-refractivity contribution in [1.29, 1.82) is 0 Å². The zero-order chi connectivity index (χ0) is 23.5. The molecule has 0 aliphatic rings. The highest BCUT2D eigenvalue weighted by molar-refractivity contribution is 7.92. The maximum Gasteiger partial charge on any atom is 0.260 e. The number of aryl methyl sites for hydroxylation is 3. The van der Waals surface area contributed by atoms with Crippen LogP contribution in [0.5, 0.6) is 0 Å². The SMILES string of the molecule is Cc1ccc(-n2c(C)cc(/C=N/NC(=O)CN(c3ccccc3C)S(C)(=O)=O)c2C)cc1. The van der Waals surface area contributed by atoms with Gasteiger partial charge in [0.2, 0.25) is 10.0 Å². The number of anilines is 1. The third-order valence-corrected chi connectivity index (χ3v) is 6.35. The summed E-state index contributed by atoms with van der Waals surface area (Å²) in [6.45, 7) is 7.48. The molecule has 0 bridgehead atoms. The van der Waals surface area contributed by atoms with Crippen LogP contribution in [0.1, 0.15) is 28.1 Å². The minimum absolute atomic E-state index is 0.358. The van der Waals surface area contributed by atoms with Gasteiger partial charge in [-0.2, -0.15) is 5.10 Å². The van der Waals surface area contributed by atoms with Gasteiger partial charge in [0.05, 0.1) is 18.2 Å². The molecule has 7 nitrogen and oxygen atoms in total. The smallest absolute Gasteiger partial charge is 0.260 e. The number of carbonyl (C=O) groups excluding carboxylic acids is 1. The van der Waals surface area contributed by atoms with E-state index >= 15 is 0 Å². The molecule has 1 N–H and O–H groups in total. The van der Waals surface area contributed by atoms with E-state index in [4.69, 9.17) is 0 Å². The number of para-hydroxylation sites is 1. The van der Waals surface area contributed by atoms with Crippen LogP contribution in [-0.2, 0) is 14.8 Å². The maximum atomic E-state index is 12.4. The number of carbonyl (C=O) groups is 1. The third-order valence-electron chi connectivity index (χ3n) is 5.23. The van der Waals surface area contributed by atoms with Gasteiger partial charge in [0.15, 0.2) is 0 Å². The standard InChI is InChI=1S/C24H28N4O3S/c1-17-10-12-22(13-11-17)28-19(3)14-21(20(28)4)15-25-26-24(29)16-27(32(5,30)31)23-9-7-6-8-18(23)2/h6-15H,16H2,1-5H3,(H,26,29)/b25-15+. The Morgan fingerprint density at radius 1 is 1.06 bits per heavy atom. The average molecular weight is 453 g/mol. The Kier molecular flexibility index (Phi) is 6.84. The molecule has 0 saturated carbocycles. The minimum Gasteiger partial charge on any atom is -0.318 e. The topological polar surface area (TPSA) is 83.8 Å². The van der Waals surface area contributed by atoms with Gasteiger partial charge in [0.1, 0.15) is 6.54 Å². The van der Waals surface area contributed by atoms with E-state index in [1.54, 1.807) is 31.3 Å². The van der Waals surface area contributed by atoms with Gasteiger partial charge < -0.3 is 4.57 Å². The molecule has 1 amide bonds. The van der Waals surface area contributed by atoms with Gasteiger partial charge in [-0.1, -0.05) is 35.9 Å². The second-order valence-corrected chi connectivity index (χ2v) is 9.75. The molecule has 0 fully saturated rings. The van der Waals surface area contributed by atoms with Crippen LogP contribution in [-0.4, -0.2) is 37.9 Å². The van der Waals surface area contributed by atoms with Gasteiger partial charge in [0.25, 0.3) is 5.91 Å². The molecule has 0 radical (unpaired) electrons. The molecular weight excluding hydrogens is 424 g/mol. The van der Waals surface area contributed by atoms with Gasteiger partial charge >= 0.3 is 0 Å². The fourth-order valence-electron chi connectivity index (χ4n) is 3.57. The van der Waals surface area contributed by atoms with Crippen molar-refractivity contribution < 1.29 is 13.2 Å². The first-order chi connectivity index (χ1) is 15.1. The lowest BCUT2D eigenvalue weighted by molar-refractivity contribution is -0.119. The predicted octanol–water partition coefficient (Wildman–Crippen LogP) is 3.63. The van der Waals surface area contributed by atoms with Gasteiger partial charge in [-0.3, -0.25) is 9.10 Å². The highest BCUT2D eigenvalue weighted by atomic mass is 32.2. The Balaban J connectivity index is 1.74. The molecule has 0 aliphatic carbocycles. The number of rotatable bonds is 7. The molecule has 3 aromatic rings. The van der Waals surface area contributed by atoms with Crippen molar-refractivity contribution in [2.75, 3.05) is 17.1 Å². The monoisotopic (exact) mass is 452 g/mol. The lowest BCUT2D eigenvalue weighted by atomic mass is 10.2. The van der Waals surface area contributed by atoms with E-state index in [0.717, 1.165) is 38.8 Å². The number of nitrogens with one attached hydrogen (secondary N) is 1. The Morgan fingerprint density at radius 3 is 2.34 bits per heavy atom. The fraction of sp³-hybridized carbons (Fsp3) is 0.250. The highest BCUT2D eigenvalue weighted by Gasteiger charge is 2.22. The lowest BCUT2D eigenvalue weighted by Gasteiger charge is -2.23. The van der Waals surface area contributed by atoms with Crippen LogP contribution in [0, 0.1) is 27.7 Å². The van der Waals surface area contributed by atoms with Crippen molar-refractivity contribution in [3.8, 4) is 5.69 Å². The Labute approximate surface area is 189 Å². The van der Waals surface area contributed by atoms with Gasteiger partial charge in [-0.15, -0.1) is 0 Å². The summed E-state index contributed by atoms with van der Waals surface area (Å²) in [5.74, 6) is -0.526. The van der Waals surface area contributed by atoms with Crippen LogP contribution < -0.4 is 9.73 Å². The molecule has 0 saturated heterocycles. The zero-order valence-corrected chi connectivity index (χ0v) is 19.8. The Bertz CT molecular complexity index is 1260. The molecule has 168 valence electrons. The first kappa shape index (κ1) is 23.3. The summed E-state index contributed by atoms with van der Waals surface area (Å²) in [5.41, 5.74) is 8.81. The molecule has 0 spiro atoms. The number of aromatic nitrogens is 1. The Morgan fingerprint density at radius 2 is 1.72 bits per heavy atom. The molecule has 3 rings (SSSR count). The van der Waals surface area contributed by atoms with Crippen LogP contribution in [0.15, 0.2) is 59.7 Å². The molecule has 32 heavy (non-hydrogen) atoms. The second kappa shape index (κ2) is 9.40. The van der Waals surface area contributed by atoms with E-state index in [1.807, 2.05) is 32.9 Å². The second-order valence-electron chi connectivity index (χ2n) is 7.85. The van der Waals surface area contributed by atoms with Gasteiger partial charge in [-0.25, -0.2) is 13.8 Å². The van der Waals surface area contributed by atoms with Crippen LogP contribution in [0.2, 0.25) is 0 Å². The molecule has 1 heterocycles. The largest absolute Gasteiger partial charge is 0.318 e. The molecular formula is C24H28N4O3S. The number of nitrogens with zero attached hydrogens (tertiary/aromatic N) is 3. The molecule has 0 atom stereocenters. The van der Waals surface area contributed by atoms with Crippen molar-refractivity contribution in [2.24, 2.45) is 5.10 Å². The molecule has 8 heteroatoms. The van der Waals surface area contributed by atoms with E-state index < -0.39 is 15.9 Å². The summed E-state index contributed by atoms with van der Waals surface area (Å²) in [5, 5.41) is 4.06. The zero-order valence-electron chi connectivity index (χ0n) is 19.0. The van der Waals surface area contributed by atoms with E-state index in [1.165, 1.54) is 5.56 Å². The van der Waals surface area contributed by atoms with Crippen LogP contribution in [0.25, 0.3) is 5.69 Å². The molecule has 0 aliphatic heterocycles. The van der Waals surface area contributed by atoms with Gasteiger partial charge in [0, 0.05) is 22.6 Å². The summed E-state index contributed by atoms with van der Waals surface area (Å²) in [4.78, 5) is 12.4. The Hall–Kier alpha value is -3.39. The highest BCUT2D eigenvalue weighted by Crippen LogP contribution is 2.22. The predicted molar refractivity (Wildman–Crippen MR) is 129 cm³/mol. The third kappa shape index (κ3) is 5.26. The first-order valence-corrected chi connectivity index (χ1v) is 12.0. The number of hydrogen-bond donors (Lipinski definition) is 1. The molecule has 0 unspecified atom stereocenters. The molecule has 1 aromatic heterocycles. The summed E-state index contributed by atoms with van der Waals surface area (Å²) in [6, 6.07) is 17.2. The van der Waals surface area contributed by atoms with Crippen LogP contribution in [0.3, 0.4) is 0 Å². The van der Waals surface area contributed by atoms with E-state index in [9.17, 15) is 13.2 Å². The summed E-state index contributed by atoms with van der Waals surface area (Å²) >= 11 is 0. The van der Waals surface area contributed by atoms with Crippen LogP contribution >= 0.6 is 0 Å². The average Bonchev–Trinajstić information content (AvgIpc) is 3.00. The van der Waals surface area contributed by atoms with Crippen molar-refractivity contribution >= 4 is 27.8 Å². The summed E-state index contributed by atoms with van der Waals surface area (Å²) < 4.78 is 27.7. The normalized spacial score (nSPS) is 11.7. The number of benzene rings is 2. The quantitative estimate of drug-likeness (QED) is 0.439. The van der Waals surface area contributed by atoms with Crippen molar-refractivity contribution in [2.45, 2.75) is 27.7 Å².